The Morgan fingerprint density at radius 3 is 2.79 bits per heavy atom. The first kappa shape index (κ1) is 14.5. The number of rotatable bonds is 6. The Kier molecular flexibility index (Phi) is 5.80. The molecule has 1 N–H and O–H groups in total. The lowest BCUT2D eigenvalue weighted by atomic mass is 9.96. The highest BCUT2D eigenvalue weighted by molar-refractivity contribution is 5.08. The summed E-state index contributed by atoms with van der Waals surface area (Å²) in [5, 5.41) is 3.56. The van der Waals surface area contributed by atoms with E-state index in [1.807, 2.05) is 18.5 Å². The molecule has 0 atom stereocenters. The molecule has 0 unspecified atom stereocenters. The van der Waals surface area contributed by atoms with Gasteiger partial charge in [-0.05, 0) is 56.4 Å². The molecule has 0 spiro atoms. The average molecular weight is 261 g/mol. The van der Waals surface area contributed by atoms with Gasteiger partial charge >= 0.3 is 0 Å². The molecule has 3 heteroatoms. The van der Waals surface area contributed by atoms with E-state index in [4.69, 9.17) is 0 Å². The summed E-state index contributed by atoms with van der Waals surface area (Å²) in [4.78, 5) is 6.77. The Hall–Kier alpha value is -0.930. The van der Waals surface area contributed by atoms with E-state index in [0.717, 1.165) is 12.3 Å². The van der Waals surface area contributed by atoms with Crippen LogP contribution < -0.4 is 5.32 Å². The summed E-state index contributed by atoms with van der Waals surface area (Å²) in [5.74, 6) is 0.872. The van der Waals surface area contributed by atoms with Gasteiger partial charge < -0.3 is 10.2 Å². The van der Waals surface area contributed by atoms with Gasteiger partial charge in [0.15, 0.2) is 0 Å². The third kappa shape index (κ3) is 5.29. The van der Waals surface area contributed by atoms with Crippen LogP contribution in [0.1, 0.15) is 32.3 Å². The highest BCUT2D eigenvalue weighted by atomic mass is 15.1. The van der Waals surface area contributed by atoms with E-state index in [2.05, 4.69) is 35.1 Å². The highest BCUT2D eigenvalue weighted by Gasteiger charge is 2.18. The summed E-state index contributed by atoms with van der Waals surface area (Å²) < 4.78 is 0. The molecular formula is C16H27N3. The van der Waals surface area contributed by atoms with Crippen molar-refractivity contribution in [2.75, 3.05) is 26.2 Å². The van der Waals surface area contributed by atoms with Gasteiger partial charge in [0.2, 0.25) is 0 Å². The zero-order valence-electron chi connectivity index (χ0n) is 12.3. The molecule has 0 amide bonds. The molecule has 0 bridgehead atoms. The monoisotopic (exact) mass is 261 g/mol. The molecule has 0 saturated carbocycles. The summed E-state index contributed by atoms with van der Waals surface area (Å²) in [5.41, 5.74) is 1.35. The van der Waals surface area contributed by atoms with Gasteiger partial charge in [0.05, 0.1) is 0 Å². The Morgan fingerprint density at radius 1 is 1.37 bits per heavy atom. The van der Waals surface area contributed by atoms with Gasteiger partial charge in [-0.3, -0.25) is 4.98 Å². The van der Waals surface area contributed by atoms with Crippen molar-refractivity contribution >= 4 is 0 Å². The number of hydrogen-bond donors (Lipinski definition) is 1. The van der Waals surface area contributed by atoms with Gasteiger partial charge in [-0.15, -0.1) is 0 Å². The fraction of sp³-hybridized carbons (Fsp3) is 0.688. The van der Waals surface area contributed by atoms with Crippen molar-refractivity contribution in [3.63, 3.8) is 0 Å². The van der Waals surface area contributed by atoms with Crippen LogP contribution in [0.2, 0.25) is 0 Å². The molecule has 1 aromatic rings. The van der Waals surface area contributed by atoms with Crippen LogP contribution in [0.3, 0.4) is 0 Å². The van der Waals surface area contributed by atoms with Crippen molar-refractivity contribution in [1.29, 1.82) is 0 Å². The van der Waals surface area contributed by atoms with Crippen LogP contribution >= 0.6 is 0 Å². The smallest absolute Gasteiger partial charge is 0.0300 e. The zero-order valence-corrected chi connectivity index (χ0v) is 12.3. The van der Waals surface area contributed by atoms with Gasteiger partial charge in [0.25, 0.3) is 0 Å². The van der Waals surface area contributed by atoms with Crippen LogP contribution in [0.5, 0.6) is 0 Å². The number of hydrogen-bond acceptors (Lipinski definition) is 3. The van der Waals surface area contributed by atoms with Crippen molar-refractivity contribution in [1.82, 2.24) is 15.2 Å². The van der Waals surface area contributed by atoms with Crippen LogP contribution in [0.15, 0.2) is 24.5 Å². The Morgan fingerprint density at radius 2 is 2.16 bits per heavy atom. The number of piperidine rings is 1. The van der Waals surface area contributed by atoms with Gasteiger partial charge in [-0.25, -0.2) is 0 Å². The predicted octanol–water partition coefficient (Wildman–Crippen LogP) is 2.33. The number of pyridine rings is 1. The third-order valence-corrected chi connectivity index (χ3v) is 3.96. The predicted molar refractivity (Wildman–Crippen MR) is 80.2 cm³/mol. The Bertz CT molecular complexity index is 342. The van der Waals surface area contributed by atoms with E-state index in [1.165, 1.54) is 44.6 Å². The maximum absolute atomic E-state index is 4.17. The highest BCUT2D eigenvalue weighted by Crippen LogP contribution is 2.16. The molecule has 1 aliphatic heterocycles. The van der Waals surface area contributed by atoms with Crippen LogP contribution in [0.4, 0.5) is 0 Å². The van der Waals surface area contributed by atoms with Gasteiger partial charge in [0.1, 0.15) is 0 Å². The molecule has 1 aliphatic rings. The molecular weight excluding hydrogens is 234 g/mol. The van der Waals surface area contributed by atoms with E-state index in [0.29, 0.717) is 6.04 Å². The standard InChI is InChI=1S/C16H27N3/c1-14(2)18-13-16-6-10-19(11-7-16)9-5-15-4-3-8-17-12-15/h3-4,8,12,14,16,18H,5-7,9-11,13H2,1-2H3. The normalized spacial score (nSPS) is 18.1. The molecule has 19 heavy (non-hydrogen) atoms. The minimum absolute atomic E-state index is 0.614. The quantitative estimate of drug-likeness (QED) is 0.852. The number of likely N-dealkylation sites (tertiary alicyclic amines) is 1. The minimum Gasteiger partial charge on any atom is -0.314 e. The van der Waals surface area contributed by atoms with Gasteiger partial charge in [0, 0.05) is 25.0 Å². The van der Waals surface area contributed by atoms with E-state index >= 15 is 0 Å². The lowest BCUT2D eigenvalue weighted by molar-refractivity contribution is 0.182. The average Bonchev–Trinajstić information content (AvgIpc) is 2.45. The first-order valence-electron chi connectivity index (χ1n) is 7.58. The lowest BCUT2D eigenvalue weighted by Crippen LogP contribution is -2.39. The SMILES string of the molecule is CC(C)NCC1CCN(CCc2cccnc2)CC1. The van der Waals surface area contributed by atoms with Crippen molar-refractivity contribution in [2.24, 2.45) is 5.92 Å². The van der Waals surface area contributed by atoms with E-state index in [-0.39, 0.29) is 0 Å². The van der Waals surface area contributed by atoms with Crippen LogP contribution in [-0.4, -0.2) is 42.1 Å². The topological polar surface area (TPSA) is 28.2 Å². The van der Waals surface area contributed by atoms with Crippen molar-refractivity contribution in [2.45, 2.75) is 39.2 Å². The van der Waals surface area contributed by atoms with Crippen molar-refractivity contribution in [3.8, 4) is 0 Å². The maximum atomic E-state index is 4.17. The van der Waals surface area contributed by atoms with Gasteiger partial charge in [-0.2, -0.15) is 0 Å². The molecule has 0 aliphatic carbocycles. The third-order valence-electron chi connectivity index (χ3n) is 3.96. The van der Waals surface area contributed by atoms with Crippen molar-refractivity contribution in [3.05, 3.63) is 30.1 Å². The number of nitrogens with zero attached hydrogens (tertiary/aromatic N) is 2. The molecule has 3 nitrogen and oxygen atoms in total. The summed E-state index contributed by atoms with van der Waals surface area (Å²) in [6.07, 6.45) is 7.64. The second kappa shape index (κ2) is 7.61. The van der Waals surface area contributed by atoms with E-state index in [9.17, 15) is 0 Å². The molecule has 1 saturated heterocycles. The summed E-state index contributed by atoms with van der Waals surface area (Å²) in [7, 11) is 0. The van der Waals surface area contributed by atoms with E-state index in [1.54, 1.807) is 0 Å². The summed E-state index contributed by atoms with van der Waals surface area (Å²) >= 11 is 0. The molecule has 1 aromatic heterocycles. The first-order valence-corrected chi connectivity index (χ1v) is 7.58. The second-order valence-corrected chi connectivity index (χ2v) is 5.96. The maximum Gasteiger partial charge on any atom is 0.0300 e. The Labute approximate surface area is 117 Å². The van der Waals surface area contributed by atoms with Gasteiger partial charge in [-0.1, -0.05) is 19.9 Å². The first-order chi connectivity index (χ1) is 9.24. The lowest BCUT2D eigenvalue weighted by Gasteiger charge is -2.32. The number of nitrogens with one attached hydrogen (secondary N) is 1. The zero-order chi connectivity index (χ0) is 13.5. The molecule has 0 aromatic carbocycles. The molecule has 106 valence electrons. The summed E-state index contributed by atoms with van der Waals surface area (Å²) in [6, 6.07) is 4.81. The molecule has 2 rings (SSSR count). The summed E-state index contributed by atoms with van der Waals surface area (Å²) in [6.45, 7) is 9.32. The fourth-order valence-corrected chi connectivity index (χ4v) is 2.65. The molecule has 2 heterocycles. The van der Waals surface area contributed by atoms with Crippen molar-refractivity contribution < 1.29 is 0 Å². The molecule has 1 fully saturated rings. The van der Waals surface area contributed by atoms with E-state index < -0.39 is 0 Å². The number of aromatic nitrogens is 1. The van der Waals surface area contributed by atoms with Crippen LogP contribution in [0.25, 0.3) is 0 Å². The fourth-order valence-electron chi connectivity index (χ4n) is 2.65. The largest absolute Gasteiger partial charge is 0.314 e. The minimum atomic E-state index is 0.614. The van der Waals surface area contributed by atoms with Crippen LogP contribution in [-0.2, 0) is 6.42 Å². The van der Waals surface area contributed by atoms with Crippen LogP contribution in [0, 0.1) is 5.92 Å². The molecule has 0 radical (unpaired) electrons. The second-order valence-electron chi connectivity index (χ2n) is 5.96. The Balaban J connectivity index is 1.63.